The highest BCUT2D eigenvalue weighted by Crippen LogP contribution is 2.20. The van der Waals surface area contributed by atoms with Gasteiger partial charge in [0, 0.05) is 5.88 Å². The SMILES string of the molecule is CC(C)(CCl)C(=O)Nc1ccc(Cl)nc1. The molecule has 0 radical (unpaired) electrons. The number of pyridine rings is 1. The average molecular weight is 247 g/mol. The molecule has 0 aliphatic carbocycles. The fraction of sp³-hybridized carbons (Fsp3) is 0.400. The fourth-order valence-electron chi connectivity index (χ4n) is 0.811. The molecule has 0 spiro atoms. The number of alkyl halides is 1. The van der Waals surface area contributed by atoms with Crippen molar-refractivity contribution in [2.24, 2.45) is 5.41 Å². The van der Waals surface area contributed by atoms with Crippen LogP contribution in [-0.4, -0.2) is 16.8 Å². The lowest BCUT2D eigenvalue weighted by molar-refractivity contribution is -0.122. The van der Waals surface area contributed by atoms with E-state index in [1.165, 1.54) is 6.20 Å². The summed E-state index contributed by atoms with van der Waals surface area (Å²) in [6.07, 6.45) is 1.50. The summed E-state index contributed by atoms with van der Waals surface area (Å²) in [4.78, 5) is 15.6. The summed E-state index contributed by atoms with van der Waals surface area (Å²) in [6, 6.07) is 3.31. The summed E-state index contributed by atoms with van der Waals surface area (Å²) < 4.78 is 0. The summed E-state index contributed by atoms with van der Waals surface area (Å²) >= 11 is 11.3. The summed E-state index contributed by atoms with van der Waals surface area (Å²) in [6.45, 7) is 3.55. The van der Waals surface area contributed by atoms with Crippen molar-refractivity contribution in [3.8, 4) is 0 Å². The zero-order chi connectivity index (χ0) is 11.5. The maximum absolute atomic E-state index is 11.7. The Hall–Kier alpha value is -0.800. The molecule has 0 aromatic carbocycles. The van der Waals surface area contributed by atoms with Crippen molar-refractivity contribution in [2.75, 3.05) is 11.2 Å². The smallest absolute Gasteiger partial charge is 0.231 e. The average Bonchev–Trinajstić information content (AvgIpc) is 2.21. The van der Waals surface area contributed by atoms with Crippen LogP contribution in [0.4, 0.5) is 5.69 Å². The van der Waals surface area contributed by atoms with E-state index in [1.807, 2.05) is 0 Å². The molecular weight excluding hydrogens is 235 g/mol. The molecule has 0 saturated heterocycles. The number of halogens is 2. The van der Waals surface area contributed by atoms with Gasteiger partial charge in [-0.05, 0) is 26.0 Å². The zero-order valence-electron chi connectivity index (χ0n) is 8.55. The van der Waals surface area contributed by atoms with E-state index in [9.17, 15) is 4.79 Å². The first-order valence-corrected chi connectivity index (χ1v) is 5.36. The predicted molar refractivity (Wildman–Crippen MR) is 62.4 cm³/mol. The zero-order valence-corrected chi connectivity index (χ0v) is 10.1. The summed E-state index contributed by atoms with van der Waals surface area (Å²) in [5.74, 6) is 0.126. The number of nitrogens with zero attached hydrogens (tertiary/aromatic N) is 1. The molecule has 1 rings (SSSR count). The van der Waals surface area contributed by atoms with Gasteiger partial charge in [0.1, 0.15) is 5.15 Å². The van der Waals surface area contributed by atoms with E-state index < -0.39 is 5.41 Å². The highest BCUT2D eigenvalue weighted by molar-refractivity contribution is 6.29. The first-order chi connectivity index (χ1) is 6.95. The number of hydrogen-bond donors (Lipinski definition) is 1. The standard InChI is InChI=1S/C10H12Cl2N2O/c1-10(2,6-11)9(15)14-7-3-4-8(12)13-5-7/h3-5H,6H2,1-2H3,(H,14,15). The van der Waals surface area contributed by atoms with Gasteiger partial charge in [0.25, 0.3) is 0 Å². The van der Waals surface area contributed by atoms with E-state index in [0.29, 0.717) is 10.8 Å². The van der Waals surface area contributed by atoms with Crippen LogP contribution in [0, 0.1) is 5.41 Å². The molecular formula is C10H12Cl2N2O. The minimum absolute atomic E-state index is 0.137. The van der Waals surface area contributed by atoms with Gasteiger partial charge in [-0.25, -0.2) is 4.98 Å². The fourth-order valence-corrected chi connectivity index (χ4v) is 1.04. The minimum atomic E-state index is -0.596. The van der Waals surface area contributed by atoms with E-state index in [4.69, 9.17) is 23.2 Å². The Labute approximate surface area is 98.8 Å². The van der Waals surface area contributed by atoms with Gasteiger partial charge in [0.05, 0.1) is 17.3 Å². The number of amides is 1. The van der Waals surface area contributed by atoms with Crippen molar-refractivity contribution in [1.82, 2.24) is 4.98 Å². The number of nitrogens with one attached hydrogen (secondary N) is 1. The van der Waals surface area contributed by atoms with Crippen molar-refractivity contribution < 1.29 is 4.79 Å². The number of carbonyl (C=O) groups is 1. The largest absolute Gasteiger partial charge is 0.324 e. The van der Waals surface area contributed by atoms with E-state index in [1.54, 1.807) is 26.0 Å². The van der Waals surface area contributed by atoms with Crippen LogP contribution in [0.2, 0.25) is 5.15 Å². The first-order valence-electron chi connectivity index (χ1n) is 4.45. The molecule has 0 unspecified atom stereocenters. The van der Waals surface area contributed by atoms with Gasteiger partial charge in [-0.15, -0.1) is 11.6 Å². The van der Waals surface area contributed by atoms with Crippen molar-refractivity contribution in [1.29, 1.82) is 0 Å². The summed E-state index contributed by atoms with van der Waals surface area (Å²) in [5.41, 5.74) is 0.0175. The van der Waals surface area contributed by atoms with Crippen molar-refractivity contribution in [3.63, 3.8) is 0 Å². The normalized spacial score (nSPS) is 11.2. The predicted octanol–water partition coefficient (Wildman–Crippen LogP) is 2.94. The van der Waals surface area contributed by atoms with Crippen LogP contribution in [0.1, 0.15) is 13.8 Å². The second-order valence-electron chi connectivity index (χ2n) is 3.84. The molecule has 0 aliphatic rings. The van der Waals surface area contributed by atoms with Crippen molar-refractivity contribution >= 4 is 34.8 Å². The van der Waals surface area contributed by atoms with Crippen molar-refractivity contribution in [3.05, 3.63) is 23.5 Å². The van der Waals surface area contributed by atoms with Gasteiger partial charge in [0.15, 0.2) is 0 Å². The number of carbonyl (C=O) groups excluding carboxylic acids is 1. The maximum atomic E-state index is 11.7. The van der Waals surface area contributed by atoms with Crippen LogP contribution < -0.4 is 5.32 Å². The van der Waals surface area contributed by atoms with Crippen LogP contribution in [0.15, 0.2) is 18.3 Å². The summed E-state index contributed by atoms with van der Waals surface area (Å²) in [7, 11) is 0. The lowest BCUT2D eigenvalue weighted by atomic mass is 9.95. The topological polar surface area (TPSA) is 42.0 Å². The third-order valence-electron chi connectivity index (χ3n) is 1.93. The van der Waals surface area contributed by atoms with Crippen LogP contribution in [0.3, 0.4) is 0 Å². The molecule has 0 atom stereocenters. The quantitative estimate of drug-likeness (QED) is 0.659. The van der Waals surface area contributed by atoms with E-state index in [0.717, 1.165) is 0 Å². The van der Waals surface area contributed by atoms with E-state index in [2.05, 4.69) is 10.3 Å². The number of anilines is 1. The second kappa shape index (κ2) is 4.81. The number of aromatic nitrogens is 1. The van der Waals surface area contributed by atoms with Crippen LogP contribution in [-0.2, 0) is 4.79 Å². The Bertz CT molecular complexity index is 349. The number of hydrogen-bond acceptors (Lipinski definition) is 2. The molecule has 1 aromatic heterocycles. The van der Waals surface area contributed by atoms with Crippen LogP contribution >= 0.6 is 23.2 Å². The molecule has 1 aromatic rings. The Morgan fingerprint density at radius 1 is 1.53 bits per heavy atom. The molecule has 82 valence electrons. The third kappa shape index (κ3) is 3.36. The van der Waals surface area contributed by atoms with Gasteiger partial charge in [-0.1, -0.05) is 11.6 Å². The van der Waals surface area contributed by atoms with Gasteiger partial charge in [-0.2, -0.15) is 0 Å². The molecule has 0 fully saturated rings. The van der Waals surface area contributed by atoms with Gasteiger partial charge in [0.2, 0.25) is 5.91 Å². The van der Waals surface area contributed by atoms with E-state index >= 15 is 0 Å². The van der Waals surface area contributed by atoms with Gasteiger partial charge < -0.3 is 5.32 Å². The molecule has 0 saturated carbocycles. The molecule has 1 amide bonds. The third-order valence-corrected chi connectivity index (χ3v) is 2.83. The van der Waals surface area contributed by atoms with Crippen LogP contribution in [0.5, 0.6) is 0 Å². The monoisotopic (exact) mass is 246 g/mol. The molecule has 3 nitrogen and oxygen atoms in total. The second-order valence-corrected chi connectivity index (χ2v) is 4.50. The highest BCUT2D eigenvalue weighted by atomic mass is 35.5. The maximum Gasteiger partial charge on any atom is 0.231 e. The first kappa shape index (κ1) is 12.3. The number of rotatable bonds is 3. The Morgan fingerprint density at radius 2 is 2.20 bits per heavy atom. The Balaban J connectivity index is 2.71. The Morgan fingerprint density at radius 3 is 2.67 bits per heavy atom. The van der Waals surface area contributed by atoms with Crippen molar-refractivity contribution in [2.45, 2.75) is 13.8 Å². The van der Waals surface area contributed by atoms with Gasteiger partial charge in [-0.3, -0.25) is 4.79 Å². The van der Waals surface area contributed by atoms with E-state index in [-0.39, 0.29) is 11.8 Å². The van der Waals surface area contributed by atoms with Gasteiger partial charge >= 0.3 is 0 Å². The molecule has 1 N–H and O–H groups in total. The van der Waals surface area contributed by atoms with Crippen LogP contribution in [0.25, 0.3) is 0 Å². The lowest BCUT2D eigenvalue weighted by Crippen LogP contribution is -2.32. The Kier molecular flexibility index (Phi) is 3.94. The lowest BCUT2D eigenvalue weighted by Gasteiger charge is -2.20. The molecule has 1 heterocycles. The summed E-state index contributed by atoms with van der Waals surface area (Å²) in [5, 5.41) is 3.11. The molecule has 15 heavy (non-hydrogen) atoms. The molecule has 0 bridgehead atoms. The molecule has 5 heteroatoms. The minimum Gasteiger partial charge on any atom is -0.324 e. The molecule has 0 aliphatic heterocycles. The highest BCUT2D eigenvalue weighted by Gasteiger charge is 2.26.